The van der Waals surface area contributed by atoms with Crippen molar-refractivity contribution in [2.45, 2.75) is 18.2 Å². The summed E-state index contributed by atoms with van der Waals surface area (Å²) in [6.45, 7) is 1.53. The molecule has 0 unspecified atom stereocenters. The molecule has 0 saturated heterocycles. The van der Waals surface area contributed by atoms with Crippen LogP contribution in [-0.2, 0) is 30.9 Å². The molecule has 0 saturated carbocycles. The number of rotatable bonds is 7. The standard InChI is InChI=1S/C21H19Cl2N5O7S/c1-9-5-15(17(8-12(9)23)36(32,33)34)27-20(30)18(28-24)11(21(31)35-2)7-16-19(29)26-14-6-10(22)3-4-13(14)25-16/h3-6,8,11H,7,24H2,1-2H3,(H,26,29)(H,27,30)(H,32,33,34)/b28-18+/t11-/m1/s1. The Balaban J connectivity index is 2.01. The van der Waals surface area contributed by atoms with Crippen LogP contribution in [0.2, 0.25) is 10.0 Å². The lowest BCUT2D eigenvalue weighted by atomic mass is 9.96. The molecule has 0 aliphatic rings. The smallest absolute Gasteiger partial charge is 0.315 e. The number of hydrogen-bond donors (Lipinski definition) is 4. The Morgan fingerprint density at radius 3 is 2.58 bits per heavy atom. The second kappa shape index (κ2) is 10.6. The SMILES string of the molecule is COC(=O)[C@H](Cc1nc2ccc(Cl)cc2[nH]c1=O)/C(=N\N)C(=O)Nc1cc(C)c(Cl)cc1S(=O)(=O)O. The average Bonchev–Trinajstić information content (AvgIpc) is 2.80. The van der Waals surface area contributed by atoms with Crippen LogP contribution < -0.4 is 16.7 Å². The predicted octanol–water partition coefficient (Wildman–Crippen LogP) is 2.07. The van der Waals surface area contributed by atoms with E-state index in [1.807, 2.05) is 0 Å². The van der Waals surface area contributed by atoms with Gasteiger partial charge in [-0.1, -0.05) is 23.2 Å². The number of anilines is 1. The van der Waals surface area contributed by atoms with Crippen LogP contribution in [0.1, 0.15) is 11.3 Å². The summed E-state index contributed by atoms with van der Waals surface area (Å²) in [5.74, 6) is 1.85. The molecule has 12 nitrogen and oxygen atoms in total. The van der Waals surface area contributed by atoms with Gasteiger partial charge in [-0.15, -0.1) is 0 Å². The van der Waals surface area contributed by atoms with Gasteiger partial charge in [0.1, 0.15) is 22.2 Å². The highest BCUT2D eigenvalue weighted by Gasteiger charge is 2.33. The third-order valence-corrected chi connectivity index (χ3v) is 6.63. The summed E-state index contributed by atoms with van der Waals surface area (Å²) < 4.78 is 37.9. The zero-order chi connectivity index (χ0) is 26.8. The summed E-state index contributed by atoms with van der Waals surface area (Å²) in [7, 11) is -3.74. The first-order chi connectivity index (χ1) is 16.8. The zero-order valence-corrected chi connectivity index (χ0v) is 21.0. The Kier molecular flexibility index (Phi) is 7.99. The number of nitrogens with zero attached hydrogens (tertiary/aromatic N) is 2. The first kappa shape index (κ1) is 27.1. The van der Waals surface area contributed by atoms with Crippen molar-refractivity contribution in [3.63, 3.8) is 0 Å². The van der Waals surface area contributed by atoms with Gasteiger partial charge in [-0.05, 0) is 42.8 Å². The summed E-state index contributed by atoms with van der Waals surface area (Å²) in [5.41, 5.74) is -0.620. The number of aromatic amines is 1. The number of esters is 1. The lowest BCUT2D eigenvalue weighted by Crippen LogP contribution is -2.38. The lowest BCUT2D eigenvalue weighted by molar-refractivity contribution is -0.143. The highest BCUT2D eigenvalue weighted by atomic mass is 35.5. The number of hydrazone groups is 1. The second-order valence-corrected chi connectivity index (χ2v) is 9.73. The molecular formula is C21H19Cl2N5O7S. The molecule has 3 aromatic rings. The number of amides is 1. The number of fused-ring (bicyclic) bond motifs is 1. The quantitative estimate of drug-likeness (QED) is 0.111. The molecule has 15 heteroatoms. The number of carbonyl (C=O) groups excluding carboxylic acids is 2. The van der Waals surface area contributed by atoms with Crippen molar-refractivity contribution in [2.75, 3.05) is 12.4 Å². The number of aromatic nitrogens is 2. The van der Waals surface area contributed by atoms with Crippen LogP contribution >= 0.6 is 23.2 Å². The number of nitrogens with one attached hydrogen (secondary N) is 2. The summed E-state index contributed by atoms with van der Waals surface area (Å²) in [4.78, 5) is 44.3. The number of hydrogen-bond acceptors (Lipinski definition) is 9. The van der Waals surface area contributed by atoms with E-state index in [4.69, 9.17) is 33.8 Å². The van der Waals surface area contributed by atoms with Crippen molar-refractivity contribution >= 4 is 67.6 Å². The molecule has 5 N–H and O–H groups in total. The zero-order valence-electron chi connectivity index (χ0n) is 18.7. The molecule has 0 aliphatic heterocycles. The van der Waals surface area contributed by atoms with Crippen molar-refractivity contribution < 1.29 is 27.3 Å². The average molecular weight is 556 g/mol. The molecule has 0 spiro atoms. The highest BCUT2D eigenvalue weighted by molar-refractivity contribution is 7.86. The fourth-order valence-corrected chi connectivity index (χ4v) is 4.38. The van der Waals surface area contributed by atoms with Gasteiger partial charge < -0.3 is 20.9 Å². The Labute approximate surface area is 214 Å². The topological polar surface area (TPSA) is 194 Å². The van der Waals surface area contributed by atoms with Gasteiger partial charge >= 0.3 is 5.97 Å². The van der Waals surface area contributed by atoms with Crippen molar-refractivity contribution in [1.29, 1.82) is 0 Å². The lowest BCUT2D eigenvalue weighted by Gasteiger charge is -2.17. The minimum absolute atomic E-state index is 0.0173. The molecule has 2 aromatic carbocycles. The Bertz CT molecular complexity index is 1570. The van der Waals surface area contributed by atoms with Gasteiger partial charge in [-0.25, -0.2) is 4.98 Å². The van der Waals surface area contributed by atoms with E-state index >= 15 is 0 Å². The maximum atomic E-state index is 13.0. The summed E-state index contributed by atoms with van der Waals surface area (Å²) in [6.07, 6.45) is -0.436. The number of ether oxygens (including phenoxy) is 1. The number of benzene rings is 2. The molecule has 0 fully saturated rings. The first-order valence-electron chi connectivity index (χ1n) is 9.98. The van der Waals surface area contributed by atoms with Crippen molar-refractivity contribution in [1.82, 2.24) is 9.97 Å². The summed E-state index contributed by atoms with van der Waals surface area (Å²) >= 11 is 11.9. The van der Waals surface area contributed by atoms with E-state index < -0.39 is 50.5 Å². The molecule has 190 valence electrons. The van der Waals surface area contributed by atoms with E-state index in [1.165, 1.54) is 19.1 Å². The van der Waals surface area contributed by atoms with Gasteiger partial charge in [0.2, 0.25) is 0 Å². The van der Waals surface area contributed by atoms with Crippen LogP contribution in [-0.4, -0.2) is 47.6 Å². The first-order valence-corrected chi connectivity index (χ1v) is 12.2. The van der Waals surface area contributed by atoms with Crippen molar-refractivity contribution in [3.8, 4) is 0 Å². The number of methoxy groups -OCH3 is 1. The Hall–Kier alpha value is -3.52. The van der Waals surface area contributed by atoms with Gasteiger partial charge in [-0.2, -0.15) is 13.5 Å². The summed E-state index contributed by atoms with van der Waals surface area (Å²) in [5, 5.41) is 6.04. The molecule has 0 aliphatic carbocycles. The molecule has 0 bridgehead atoms. The number of nitrogens with two attached hydrogens (primary N) is 1. The maximum absolute atomic E-state index is 13.0. The fraction of sp³-hybridized carbons (Fsp3) is 0.190. The van der Waals surface area contributed by atoms with E-state index in [2.05, 4.69) is 20.4 Å². The molecule has 0 radical (unpaired) electrons. The van der Waals surface area contributed by atoms with Crippen LogP contribution in [0, 0.1) is 12.8 Å². The maximum Gasteiger partial charge on any atom is 0.315 e. The monoisotopic (exact) mass is 555 g/mol. The van der Waals surface area contributed by atoms with Crippen molar-refractivity contribution in [2.24, 2.45) is 16.9 Å². The van der Waals surface area contributed by atoms with Crippen molar-refractivity contribution in [3.05, 3.63) is 62.0 Å². The van der Waals surface area contributed by atoms with Gasteiger partial charge in [0, 0.05) is 16.5 Å². The predicted molar refractivity (Wildman–Crippen MR) is 133 cm³/mol. The third kappa shape index (κ3) is 5.82. The van der Waals surface area contributed by atoms with Gasteiger partial charge in [-0.3, -0.25) is 18.9 Å². The van der Waals surface area contributed by atoms with E-state index in [0.29, 0.717) is 21.6 Å². The van der Waals surface area contributed by atoms with Gasteiger partial charge in [0.25, 0.3) is 21.6 Å². The second-order valence-electron chi connectivity index (χ2n) is 7.50. The van der Waals surface area contributed by atoms with Crippen LogP contribution in [0.25, 0.3) is 11.0 Å². The number of halogens is 2. The van der Waals surface area contributed by atoms with Crippen LogP contribution in [0.4, 0.5) is 5.69 Å². The minimum atomic E-state index is -4.80. The van der Waals surface area contributed by atoms with Crippen LogP contribution in [0.5, 0.6) is 0 Å². The van der Waals surface area contributed by atoms with E-state index in [9.17, 15) is 27.4 Å². The van der Waals surface area contributed by atoms with E-state index in [-0.39, 0.29) is 16.4 Å². The van der Waals surface area contributed by atoms with Gasteiger partial charge in [0.15, 0.2) is 0 Å². The highest BCUT2D eigenvalue weighted by Crippen LogP contribution is 2.29. The molecule has 36 heavy (non-hydrogen) atoms. The normalized spacial score (nSPS) is 12.9. The fourth-order valence-electron chi connectivity index (χ4n) is 3.33. The molecular weight excluding hydrogens is 537 g/mol. The molecule has 1 atom stereocenters. The Morgan fingerprint density at radius 1 is 1.28 bits per heavy atom. The van der Waals surface area contributed by atoms with Gasteiger partial charge in [0.05, 0.1) is 23.8 Å². The molecule has 1 heterocycles. The minimum Gasteiger partial charge on any atom is -0.468 e. The molecule has 1 aromatic heterocycles. The molecule has 3 rings (SSSR count). The largest absolute Gasteiger partial charge is 0.468 e. The van der Waals surface area contributed by atoms with E-state index in [0.717, 1.165) is 13.2 Å². The number of carbonyl (C=O) groups is 2. The summed E-state index contributed by atoms with van der Waals surface area (Å²) in [6, 6.07) is 6.75. The molecule has 1 amide bonds. The third-order valence-electron chi connectivity index (χ3n) is 5.10. The van der Waals surface area contributed by atoms with E-state index in [1.54, 1.807) is 12.1 Å². The number of H-pyrrole nitrogens is 1. The Morgan fingerprint density at radius 2 is 1.97 bits per heavy atom. The number of aryl methyl sites for hydroxylation is 1. The van der Waals surface area contributed by atoms with Crippen LogP contribution in [0.15, 0.2) is 45.1 Å². The van der Waals surface area contributed by atoms with Crippen LogP contribution in [0.3, 0.4) is 0 Å².